The van der Waals surface area contributed by atoms with Crippen LogP contribution in [0.5, 0.6) is 5.75 Å². The summed E-state index contributed by atoms with van der Waals surface area (Å²) < 4.78 is 5.37. The summed E-state index contributed by atoms with van der Waals surface area (Å²) >= 11 is 0. The number of carbonyl (C=O) groups is 2. The lowest BCUT2D eigenvalue weighted by Crippen LogP contribution is -2.28. The smallest absolute Gasteiger partial charge is 0.229 e. The van der Waals surface area contributed by atoms with Crippen LogP contribution in [-0.4, -0.2) is 25.5 Å². The molecule has 0 aliphatic carbocycles. The highest BCUT2D eigenvalue weighted by atomic mass is 35.5. The first-order valence-electron chi connectivity index (χ1n) is 8.51. The Morgan fingerprint density at radius 2 is 1.96 bits per heavy atom. The molecule has 1 fully saturated rings. The van der Waals surface area contributed by atoms with Gasteiger partial charge in [-0.15, -0.1) is 12.4 Å². The molecule has 1 aliphatic rings. The standard InChI is InChI=1S/C20H23N3O3.ClH/c1-12-4-7-18(26-3)17(8-12)23-11-14(9-19(23)24)20(25)22-16-10-15(21)6-5-13(16)2;/h4-8,10,14H,9,11,21H2,1-3H3,(H,22,25);1H. The van der Waals surface area contributed by atoms with E-state index in [4.69, 9.17) is 10.5 Å². The summed E-state index contributed by atoms with van der Waals surface area (Å²) in [6.07, 6.45) is 0.171. The van der Waals surface area contributed by atoms with Crippen molar-refractivity contribution < 1.29 is 14.3 Å². The average Bonchev–Trinajstić information content (AvgIpc) is 3.00. The van der Waals surface area contributed by atoms with Crippen molar-refractivity contribution in [3.8, 4) is 5.75 Å². The summed E-state index contributed by atoms with van der Waals surface area (Å²) in [6, 6.07) is 11.0. The molecule has 3 rings (SSSR count). The molecule has 1 saturated heterocycles. The fraction of sp³-hybridized carbons (Fsp3) is 0.300. The fourth-order valence-corrected chi connectivity index (χ4v) is 3.14. The monoisotopic (exact) mass is 389 g/mol. The normalized spacial score (nSPS) is 16.0. The van der Waals surface area contributed by atoms with Gasteiger partial charge in [0.25, 0.3) is 0 Å². The molecular formula is C20H24ClN3O3. The van der Waals surface area contributed by atoms with Crippen LogP contribution in [0.4, 0.5) is 17.1 Å². The molecule has 1 aliphatic heterocycles. The van der Waals surface area contributed by atoms with E-state index in [9.17, 15) is 9.59 Å². The van der Waals surface area contributed by atoms with E-state index in [2.05, 4.69) is 5.32 Å². The van der Waals surface area contributed by atoms with Crippen LogP contribution in [0.1, 0.15) is 17.5 Å². The van der Waals surface area contributed by atoms with Crippen molar-refractivity contribution in [2.24, 2.45) is 5.92 Å². The summed E-state index contributed by atoms with van der Waals surface area (Å²) in [5, 5.41) is 2.90. The number of nitrogens with zero attached hydrogens (tertiary/aromatic N) is 1. The van der Waals surface area contributed by atoms with E-state index in [-0.39, 0.29) is 30.6 Å². The number of nitrogen functional groups attached to an aromatic ring is 1. The Balaban J connectivity index is 0.00000261. The number of benzene rings is 2. The molecule has 2 aromatic carbocycles. The molecule has 0 spiro atoms. The minimum Gasteiger partial charge on any atom is -0.495 e. The predicted octanol–water partition coefficient (Wildman–Crippen LogP) is 3.31. The second-order valence-corrected chi connectivity index (χ2v) is 6.64. The molecule has 1 unspecified atom stereocenters. The maximum Gasteiger partial charge on any atom is 0.229 e. The Labute approximate surface area is 165 Å². The number of amides is 2. The number of halogens is 1. The number of methoxy groups -OCH3 is 1. The first-order valence-corrected chi connectivity index (χ1v) is 8.51. The maximum absolute atomic E-state index is 12.7. The Kier molecular flexibility index (Phi) is 6.33. The third-order valence-electron chi connectivity index (χ3n) is 4.64. The number of hydrogen-bond acceptors (Lipinski definition) is 4. The molecule has 27 heavy (non-hydrogen) atoms. The lowest BCUT2D eigenvalue weighted by Gasteiger charge is -2.20. The average molecular weight is 390 g/mol. The molecule has 1 heterocycles. The second kappa shape index (κ2) is 8.31. The van der Waals surface area contributed by atoms with Gasteiger partial charge in [0.15, 0.2) is 0 Å². The molecule has 0 aromatic heterocycles. The molecule has 6 nitrogen and oxygen atoms in total. The van der Waals surface area contributed by atoms with Crippen molar-refractivity contribution in [2.45, 2.75) is 20.3 Å². The van der Waals surface area contributed by atoms with Crippen molar-refractivity contribution in [2.75, 3.05) is 29.6 Å². The summed E-state index contributed by atoms with van der Waals surface area (Å²) in [5.41, 5.74) is 9.71. The Morgan fingerprint density at radius 3 is 2.67 bits per heavy atom. The number of aryl methyl sites for hydroxylation is 2. The van der Waals surface area contributed by atoms with E-state index in [1.807, 2.05) is 38.1 Å². The van der Waals surface area contributed by atoms with Gasteiger partial charge in [-0.1, -0.05) is 12.1 Å². The van der Waals surface area contributed by atoms with Crippen molar-refractivity contribution in [3.05, 3.63) is 47.5 Å². The first-order chi connectivity index (χ1) is 12.4. The SMILES string of the molecule is COc1ccc(C)cc1N1CC(C(=O)Nc2cc(N)ccc2C)CC1=O.Cl. The zero-order valence-electron chi connectivity index (χ0n) is 15.6. The summed E-state index contributed by atoms with van der Waals surface area (Å²) in [4.78, 5) is 26.8. The largest absolute Gasteiger partial charge is 0.495 e. The molecule has 144 valence electrons. The van der Waals surface area contributed by atoms with Gasteiger partial charge in [0.2, 0.25) is 11.8 Å². The van der Waals surface area contributed by atoms with Crippen molar-refractivity contribution in [1.82, 2.24) is 0 Å². The van der Waals surface area contributed by atoms with E-state index < -0.39 is 5.92 Å². The first kappa shape index (κ1) is 20.6. The van der Waals surface area contributed by atoms with E-state index in [1.54, 1.807) is 24.1 Å². The van der Waals surface area contributed by atoms with Gasteiger partial charge in [0.05, 0.1) is 18.7 Å². The highest BCUT2D eigenvalue weighted by Crippen LogP contribution is 2.34. The number of nitrogens with two attached hydrogens (primary N) is 1. The number of rotatable bonds is 4. The van der Waals surface area contributed by atoms with Crippen LogP contribution in [-0.2, 0) is 9.59 Å². The third kappa shape index (κ3) is 4.34. The van der Waals surface area contributed by atoms with Crippen LogP contribution in [0.15, 0.2) is 36.4 Å². The second-order valence-electron chi connectivity index (χ2n) is 6.64. The van der Waals surface area contributed by atoms with Crippen LogP contribution < -0.4 is 20.7 Å². The van der Waals surface area contributed by atoms with Crippen molar-refractivity contribution in [3.63, 3.8) is 0 Å². The highest BCUT2D eigenvalue weighted by molar-refractivity contribution is 6.04. The number of ether oxygens (including phenoxy) is 1. The lowest BCUT2D eigenvalue weighted by molar-refractivity contribution is -0.122. The molecule has 0 radical (unpaired) electrons. The predicted molar refractivity (Wildman–Crippen MR) is 110 cm³/mol. The molecule has 0 bridgehead atoms. The van der Waals surface area contributed by atoms with Gasteiger partial charge in [-0.3, -0.25) is 9.59 Å². The van der Waals surface area contributed by atoms with E-state index in [1.165, 1.54) is 0 Å². The minimum atomic E-state index is -0.423. The van der Waals surface area contributed by atoms with Crippen LogP contribution in [0.2, 0.25) is 0 Å². The quantitative estimate of drug-likeness (QED) is 0.785. The molecular weight excluding hydrogens is 366 g/mol. The molecule has 0 saturated carbocycles. The van der Waals surface area contributed by atoms with Gasteiger partial charge in [0, 0.05) is 24.3 Å². The van der Waals surface area contributed by atoms with Crippen LogP contribution in [0.3, 0.4) is 0 Å². The van der Waals surface area contributed by atoms with Gasteiger partial charge < -0.3 is 20.7 Å². The summed E-state index contributed by atoms with van der Waals surface area (Å²) in [6.45, 7) is 4.18. The number of anilines is 3. The third-order valence-corrected chi connectivity index (χ3v) is 4.64. The summed E-state index contributed by atoms with van der Waals surface area (Å²) in [7, 11) is 1.57. The van der Waals surface area contributed by atoms with E-state index >= 15 is 0 Å². The topological polar surface area (TPSA) is 84.7 Å². The van der Waals surface area contributed by atoms with E-state index in [0.29, 0.717) is 29.4 Å². The number of nitrogens with one attached hydrogen (secondary N) is 1. The van der Waals surface area contributed by atoms with Crippen LogP contribution in [0, 0.1) is 19.8 Å². The van der Waals surface area contributed by atoms with Crippen LogP contribution in [0.25, 0.3) is 0 Å². The number of hydrogen-bond donors (Lipinski definition) is 2. The van der Waals surface area contributed by atoms with Crippen molar-refractivity contribution >= 4 is 41.3 Å². The highest BCUT2D eigenvalue weighted by Gasteiger charge is 2.36. The summed E-state index contributed by atoms with van der Waals surface area (Å²) in [5.74, 6) is -0.0650. The molecule has 2 amide bonds. The van der Waals surface area contributed by atoms with Gasteiger partial charge >= 0.3 is 0 Å². The molecule has 1 atom stereocenters. The molecule has 7 heteroatoms. The van der Waals surface area contributed by atoms with Gasteiger partial charge in [-0.2, -0.15) is 0 Å². The van der Waals surface area contributed by atoms with E-state index in [0.717, 1.165) is 11.1 Å². The van der Waals surface area contributed by atoms with Crippen LogP contribution >= 0.6 is 12.4 Å². The molecule has 3 N–H and O–H groups in total. The minimum absolute atomic E-state index is 0. The Hall–Kier alpha value is -2.73. The Bertz CT molecular complexity index is 870. The van der Waals surface area contributed by atoms with Gasteiger partial charge in [-0.25, -0.2) is 0 Å². The zero-order valence-corrected chi connectivity index (χ0v) is 16.4. The number of carbonyl (C=O) groups excluding carboxylic acids is 2. The lowest BCUT2D eigenvalue weighted by atomic mass is 10.1. The maximum atomic E-state index is 12.7. The van der Waals surface area contributed by atoms with Crippen molar-refractivity contribution in [1.29, 1.82) is 0 Å². The molecule has 2 aromatic rings. The van der Waals surface area contributed by atoms with Gasteiger partial charge in [0.1, 0.15) is 5.75 Å². The zero-order chi connectivity index (χ0) is 18.8. The van der Waals surface area contributed by atoms with Gasteiger partial charge in [-0.05, 0) is 49.2 Å². The Morgan fingerprint density at radius 1 is 1.22 bits per heavy atom. The fourth-order valence-electron chi connectivity index (χ4n) is 3.14.